The molecule has 210 valence electrons. The zero-order valence-electron chi connectivity index (χ0n) is 23.9. The average Bonchev–Trinajstić information content (AvgIpc) is 2.93. The summed E-state index contributed by atoms with van der Waals surface area (Å²) in [6, 6.07) is 22.5. The lowest BCUT2D eigenvalue weighted by Crippen LogP contribution is -2.62. The van der Waals surface area contributed by atoms with E-state index in [0.717, 1.165) is 21.9 Å². The van der Waals surface area contributed by atoms with Gasteiger partial charge in [-0.05, 0) is 48.2 Å². The van der Waals surface area contributed by atoms with Crippen molar-refractivity contribution in [2.45, 2.75) is 50.7 Å². The number of hydrogen-bond donors (Lipinski definition) is 1. The molecule has 1 fully saturated rings. The van der Waals surface area contributed by atoms with Gasteiger partial charge < -0.3 is 20.4 Å². The lowest BCUT2D eigenvalue weighted by atomic mass is 9.97. The summed E-state index contributed by atoms with van der Waals surface area (Å²) in [7, 11) is 3.43. The molecule has 0 radical (unpaired) electrons. The minimum absolute atomic E-state index is 0.0908. The van der Waals surface area contributed by atoms with Crippen LogP contribution in [0.5, 0.6) is 0 Å². The first-order chi connectivity index (χ1) is 19.0. The van der Waals surface area contributed by atoms with Gasteiger partial charge in [-0.3, -0.25) is 14.4 Å². The summed E-state index contributed by atoms with van der Waals surface area (Å²) in [4.78, 5) is 45.8. The highest BCUT2D eigenvalue weighted by molar-refractivity contribution is 5.95. The molecule has 1 aliphatic rings. The molecule has 7 nitrogen and oxygen atoms in total. The normalized spacial score (nSPS) is 16.9. The van der Waals surface area contributed by atoms with Crippen LogP contribution < -0.4 is 5.73 Å². The first-order valence-electron chi connectivity index (χ1n) is 13.8. The monoisotopic (exact) mass is 540 g/mol. The number of nitrogens with two attached hydrogens (primary N) is 1. The zero-order chi connectivity index (χ0) is 28.9. The summed E-state index contributed by atoms with van der Waals surface area (Å²) in [5.41, 5.74) is 7.57. The van der Waals surface area contributed by atoms with Gasteiger partial charge in [0.15, 0.2) is 0 Å². The average molecular weight is 541 g/mol. The van der Waals surface area contributed by atoms with Crippen LogP contribution in [0.2, 0.25) is 0 Å². The fourth-order valence-corrected chi connectivity index (χ4v) is 5.12. The van der Waals surface area contributed by atoms with Crippen molar-refractivity contribution in [2.75, 3.05) is 27.2 Å². The van der Waals surface area contributed by atoms with Crippen molar-refractivity contribution in [3.63, 3.8) is 0 Å². The molecule has 0 aromatic heterocycles. The number of fused-ring (bicyclic) bond motifs is 1. The third-order valence-electron chi connectivity index (χ3n) is 7.52. The number of rotatable bonds is 9. The molecule has 1 aliphatic heterocycles. The highest BCUT2D eigenvalue weighted by Crippen LogP contribution is 2.22. The van der Waals surface area contributed by atoms with Crippen LogP contribution in [0.25, 0.3) is 10.8 Å². The fraction of sp³-hybridized carbons (Fsp3) is 0.364. The van der Waals surface area contributed by atoms with E-state index in [9.17, 15) is 14.4 Å². The van der Waals surface area contributed by atoms with Crippen LogP contribution in [0.4, 0.5) is 0 Å². The number of likely N-dealkylation sites (N-methyl/N-ethyl adjacent to an activating group) is 2. The first-order valence-corrected chi connectivity index (χ1v) is 13.8. The van der Waals surface area contributed by atoms with Crippen LogP contribution in [0.15, 0.2) is 84.9 Å². The van der Waals surface area contributed by atoms with Crippen LogP contribution in [0.3, 0.4) is 0 Å². The van der Waals surface area contributed by atoms with Crippen LogP contribution in [0, 0.1) is 0 Å². The lowest BCUT2D eigenvalue weighted by molar-refractivity contribution is -0.154. The number of carbonyl (C=O) groups is 3. The minimum atomic E-state index is -0.779. The number of nitrogens with zero attached hydrogens (tertiary/aromatic N) is 3. The molecular weight excluding hydrogens is 500 g/mol. The van der Waals surface area contributed by atoms with Crippen LogP contribution in [0.1, 0.15) is 31.4 Å². The van der Waals surface area contributed by atoms with Crippen molar-refractivity contribution in [1.82, 2.24) is 14.7 Å². The predicted molar refractivity (Wildman–Crippen MR) is 160 cm³/mol. The smallest absolute Gasteiger partial charge is 0.246 e. The van der Waals surface area contributed by atoms with E-state index in [0.29, 0.717) is 32.4 Å². The Morgan fingerprint density at radius 2 is 1.68 bits per heavy atom. The second-order valence-electron chi connectivity index (χ2n) is 11.4. The Labute approximate surface area is 237 Å². The van der Waals surface area contributed by atoms with E-state index < -0.39 is 17.6 Å². The number of amides is 3. The first kappa shape index (κ1) is 29.0. The topological polar surface area (TPSA) is 86.9 Å². The van der Waals surface area contributed by atoms with Crippen molar-refractivity contribution < 1.29 is 14.4 Å². The molecule has 1 saturated heterocycles. The molecule has 0 aliphatic carbocycles. The van der Waals surface area contributed by atoms with Gasteiger partial charge in [0.05, 0.1) is 0 Å². The zero-order valence-corrected chi connectivity index (χ0v) is 23.9. The van der Waals surface area contributed by atoms with E-state index in [2.05, 4.69) is 6.07 Å². The van der Waals surface area contributed by atoms with Gasteiger partial charge in [0.25, 0.3) is 0 Å². The fourth-order valence-electron chi connectivity index (χ4n) is 5.12. The standard InChI is InChI=1S/C33H40N4O3/c1-33(2,34)18-10-15-30(38)36(4)28(23-25-16-17-26-13-8-9-14-27(26)21-25)32(40)37-20-19-35(3)31(39)29(37)22-24-11-6-5-7-12-24/h5-17,21,28-29H,18-20,22-23,34H2,1-4H3/t28-,29-/m1/s1. The van der Waals surface area contributed by atoms with Gasteiger partial charge in [-0.15, -0.1) is 0 Å². The molecule has 3 aromatic rings. The molecule has 2 atom stereocenters. The maximum Gasteiger partial charge on any atom is 0.246 e. The Bertz CT molecular complexity index is 1380. The molecule has 3 amide bonds. The van der Waals surface area contributed by atoms with Crippen molar-refractivity contribution in [1.29, 1.82) is 0 Å². The van der Waals surface area contributed by atoms with Gasteiger partial charge in [0.1, 0.15) is 12.1 Å². The molecule has 0 unspecified atom stereocenters. The SMILES string of the molecule is CN1CCN(C(=O)[C@@H](Cc2ccc3ccccc3c2)N(C)C(=O)C=CCC(C)(C)N)[C@H](Cc2ccccc2)C1=O. The summed E-state index contributed by atoms with van der Waals surface area (Å²) in [6.07, 6.45) is 4.53. The largest absolute Gasteiger partial charge is 0.342 e. The van der Waals surface area contributed by atoms with Crippen LogP contribution >= 0.6 is 0 Å². The van der Waals surface area contributed by atoms with Gasteiger partial charge in [-0.25, -0.2) is 0 Å². The van der Waals surface area contributed by atoms with Crippen molar-refractivity contribution in [3.8, 4) is 0 Å². The van der Waals surface area contributed by atoms with Gasteiger partial charge in [-0.1, -0.05) is 78.9 Å². The van der Waals surface area contributed by atoms with Gasteiger partial charge in [0, 0.05) is 45.6 Å². The molecular formula is C33H40N4O3. The number of carbonyl (C=O) groups excluding carboxylic acids is 3. The molecule has 4 rings (SSSR count). The summed E-state index contributed by atoms with van der Waals surface area (Å²) >= 11 is 0. The second kappa shape index (κ2) is 12.5. The third-order valence-corrected chi connectivity index (χ3v) is 7.52. The highest BCUT2D eigenvalue weighted by Gasteiger charge is 2.40. The van der Waals surface area contributed by atoms with Gasteiger partial charge >= 0.3 is 0 Å². The molecule has 0 saturated carbocycles. The summed E-state index contributed by atoms with van der Waals surface area (Å²) < 4.78 is 0. The van der Waals surface area contributed by atoms with E-state index in [1.165, 1.54) is 11.0 Å². The molecule has 0 bridgehead atoms. The van der Waals surface area contributed by atoms with Crippen molar-refractivity contribution in [2.24, 2.45) is 5.73 Å². The van der Waals surface area contributed by atoms with E-state index in [-0.39, 0.29) is 17.7 Å². The Hall–Kier alpha value is -3.97. The maximum atomic E-state index is 14.3. The number of benzene rings is 3. The summed E-state index contributed by atoms with van der Waals surface area (Å²) in [5.74, 6) is -0.589. The Morgan fingerprint density at radius 3 is 2.38 bits per heavy atom. The molecule has 3 aromatic carbocycles. The summed E-state index contributed by atoms with van der Waals surface area (Å²) in [6.45, 7) is 4.65. The van der Waals surface area contributed by atoms with E-state index in [4.69, 9.17) is 5.73 Å². The maximum absolute atomic E-state index is 14.3. The Morgan fingerprint density at radius 1 is 1.00 bits per heavy atom. The van der Waals surface area contributed by atoms with E-state index in [1.807, 2.05) is 80.6 Å². The second-order valence-corrected chi connectivity index (χ2v) is 11.4. The number of hydrogen-bond acceptors (Lipinski definition) is 4. The van der Waals surface area contributed by atoms with Gasteiger partial charge in [0.2, 0.25) is 17.7 Å². The quantitative estimate of drug-likeness (QED) is 0.418. The third kappa shape index (κ3) is 7.16. The molecule has 0 spiro atoms. The number of piperazine rings is 1. The highest BCUT2D eigenvalue weighted by atomic mass is 16.2. The lowest BCUT2D eigenvalue weighted by Gasteiger charge is -2.42. The predicted octanol–water partition coefficient (Wildman–Crippen LogP) is 3.80. The molecule has 7 heteroatoms. The van der Waals surface area contributed by atoms with Crippen molar-refractivity contribution in [3.05, 3.63) is 96.1 Å². The Kier molecular flexibility index (Phi) is 9.05. The summed E-state index contributed by atoms with van der Waals surface area (Å²) in [5, 5.41) is 2.18. The van der Waals surface area contributed by atoms with Gasteiger partial charge in [-0.2, -0.15) is 0 Å². The molecule has 2 N–H and O–H groups in total. The Balaban J connectivity index is 1.66. The molecule has 1 heterocycles. The molecule has 40 heavy (non-hydrogen) atoms. The minimum Gasteiger partial charge on any atom is -0.342 e. The van der Waals surface area contributed by atoms with E-state index in [1.54, 1.807) is 30.0 Å². The van der Waals surface area contributed by atoms with Crippen molar-refractivity contribution >= 4 is 28.5 Å². The van der Waals surface area contributed by atoms with Crippen LogP contribution in [-0.2, 0) is 27.2 Å². The van der Waals surface area contributed by atoms with E-state index >= 15 is 0 Å². The van der Waals surface area contributed by atoms with Crippen LogP contribution in [-0.4, -0.2) is 77.2 Å².